The van der Waals surface area contributed by atoms with E-state index in [4.69, 9.17) is 11.6 Å². The van der Waals surface area contributed by atoms with Crippen LogP contribution in [0.5, 0.6) is 0 Å². The molecule has 0 radical (unpaired) electrons. The maximum absolute atomic E-state index is 12.9. The first kappa shape index (κ1) is 10.5. The Balaban J connectivity index is 2.55. The molecule has 2 rings (SSSR count). The lowest BCUT2D eigenvalue weighted by molar-refractivity contribution is 0.628. The van der Waals surface area contributed by atoms with Gasteiger partial charge in [-0.3, -0.25) is 0 Å². The molecule has 1 aromatic carbocycles. The predicted octanol–water partition coefficient (Wildman–Crippen LogP) is 3.70. The number of hydrogen-bond acceptors (Lipinski definition) is 2. The van der Waals surface area contributed by atoms with Gasteiger partial charge in [0, 0.05) is 11.8 Å². The van der Waals surface area contributed by atoms with Crippen molar-refractivity contribution in [1.82, 2.24) is 9.97 Å². The predicted molar refractivity (Wildman–Crippen MR) is 60.1 cm³/mol. The van der Waals surface area contributed by atoms with Crippen LogP contribution in [0.3, 0.4) is 0 Å². The zero-order chi connectivity index (χ0) is 10.8. The van der Waals surface area contributed by atoms with E-state index in [9.17, 15) is 4.39 Å². The second-order valence-corrected chi connectivity index (χ2v) is 4.01. The van der Waals surface area contributed by atoms with Crippen LogP contribution < -0.4 is 0 Å². The van der Waals surface area contributed by atoms with Gasteiger partial charge in [-0.15, -0.1) is 0 Å². The molecular weight excluding hydrogens is 282 g/mol. The van der Waals surface area contributed by atoms with Crippen molar-refractivity contribution in [2.75, 3.05) is 0 Å². The Morgan fingerprint density at radius 2 is 2.13 bits per heavy atom. The lowest BCUT2D eigenvalue weighted by atomic mass is 10.1. The molecule has 0 aliphatic heterocycles. The fraction of sp³-hybridized carbons (Fsp3) is 0. The zero-order valence-corrected chi connectivity index (χ0v) is 9.76. The largest absolute Gasteiger partial charge is 0.244 e. The van der Waals surface area contributed by atoms with Crippen LogP contribution in [-0.2, 0) is 0 Å². The van der Waals surface area contributed by atoms with Gasteiger partial charge in [-0.25, -0.2) is 14.4 Å². The molecule has 0 fully saturated rings. The number of rotatable bonds is 1. The highest BCUT2D eigenvalue weighted by Crippen LogP contribution is 2.28. The van der Waals surface area contributed by atoms with Gasteiger partial charge in [0.15, 0.2) is 0 Å². The van der Waals surface area contributed by atoms with Crippen molar-refractivity contribution in [2.45, 2.75) is 0 Å². The van der Waals surface area contributed by atoms with Gasteiger partial charge in [-0.1, -0.05) is 17.7 Å². The third-order valence-electron chi connectivity index (χ3n) is 1.89. The highest BCUT2D eigenvalue weighted by atomic mass is 79.9. The topological polar surface area (TPSA) is 25.8 Å². The smallest absolute Gasteiger partial charge is 0.141 e. The molecule has 0 bridgehead atoms. The normalized spacial score (nSPS) is 10.3. The van der Waals surface area contributed by atoms with E-state index in [0.717, 1.165) is 11.1 Å². The molecule has 0 aliphatic rings. The fourth-order valence-electron chi connectivity index (χ4n) is 1.17. The second-order valence-electron chi connectivity index (χ2n) is 2.86. The van der Waals surface area contributed by atoms with Gasteiger partial charge in [-0.05, 0) is 33.6 Å². The highest BCUT2D eigenvalue weighted by Gasteiger charge is 2.06. The molecular formula is C10H5BrClFN2. The summed E-state index contributed by atoms with van der Waals surface area (Å²) in [6.45, 7) is 0. The molecule has 5 heteroatoms. The molecule has 0 amide bonds. The second kappa shape index (κ2) is 4.24. The first-order valence-corrected chi connectivity index (χ1v) is 5.26. The molecule has 2 nitrogen and oxygen atoms in total. The molecule has 0 spiro atoms. The molecule has 0 N–H and O–H groups in total. The summed E-state index contributed by atoms with van der Waals surface area (Å²) < 4.78 is 13.6. The molecule has 0 atom stereocenters. The Morgan fingerprint density at radius 3 is 2.80 bits per heavy atom. The van der Waals surface area contributed by atoms with Crippen molar-refractivity contribution in [3.8, 4) is 11.1 Å². The minimum atomic E-state index is -0.437. The Bertz CT molecular complexity index is 505. The van der Waals surface area contributed by atoms with Gasteiger partial charge in [0.2, 0.25) is 0 Å². The molecule has 1 aromatic heterocycles. The fourth-order valence-corrected chi connectivity index (χ4v) is 1.78. The molecule has 0 saturated carbocycles. The van der Waals surface area contributed by atoms with Gasteiger partial charge >= 0.3 is 0 Å². The van der Waals surface area contributed by atoms with E-state index in [1.165, 1.54) is 12.4 Å². The Morgan fingerprint density at radius 1 is 1.33 bits per heavy atom. The third-order valence-corrected chi connectivity index (χ3v) is 2.82. The monoisotopic (exact) mass is 286 g/mol. The minimum absolute atomic E-state index is 0.0863. The van der Waals surface area contributed by atoms with E-state index in [0.29, 0.717) is 4.60 Å². The average molecular weight is 288 g/mol. The maximum atomic E-state index is 12.9. The van der Waals surface area contributed by atoms with Crippen LogP contribution in [0.2, 0.25) is 5.02 Å². The van der Waals surface area contributed by atoms with Gasteiger partial charge < -0.3 is 0 Å². The number of benzene rings is 1. The van der Waals surface area contributed by atoms with Crippen LogP contribution in [0.15, 0.2) is 35.3 Å². The van der Waals surface area contributed by atoms with E-state index in [2.05, 4.69) is 25.9 Å². The number of halogens is 3. The standard InChI is InChI=1S/C10H5BrClFN2/c11-10-7(4-14-5-15-10)6-1-2-9(13)8(12)3-6/h1-5H. The van der Waals surface area contributed by atoms with Crippen LogP contribution in [0.4, 0.5) is 4.39 Å². The van der Waals surface area contributed by atoms with E-state index in [1.54, 1.807) is 18.3 Å². The molecule has 0 unspecified atom stereocenters. The van der Waals surface area contributed by atoms with Crippen molar-refractivity contribution in [3.05, 3.63) is 46.2 Å². The van der Waals surface area contributed by atoms with Gasteiger partial charge in [0.1, 0.15) is 16.7 Å². The maximum Gasteiger partial charge on any atom is 0.141 e. The molecule has 1 heterocycles. The summed E-state index contributed by atoms with van der Waals surface area (Å²) in [4.78, 5) is 7.87. The van der Waals surface area contributed by atoms with Crippen molar-refractivity contribution in [2.24, 2.45) is 0 Å². The molecule has 0 aliphatic carbocycles. The molecule has 0 saturated heterocycles. The van der Waals surface area contributed by atoms with Gasteiger partial charge in [-0.2, -0.15) is 0 Å². The lowest BCUT2D eigenvalue weighted by Crippen LogP contribution is -1.86. The van der Waals surface area contributed by atoms with Crippen molar-refractivity contribution in [3.63, 3.8) is 0 Å². The SMILES string of the molecule is Fc1ccc(-c2cncnc2Br)cc1Cl. The molecule has 2 aromatic rings. The summed E-state index contributed by atoms with van der Waals surface area (Å²) in [6.07, 6.45) is 3.07. The van der Waals surface area contributed by atoms with Crippen LogP contribution in [0, 0.1) is 5.82 Å². The van der Waals surface area contributed by atoms with Crippen molar-refractivity contribution in [1.29, 1.82) is 0 Å². The molecule has 15 heavy (non-hydrogen) atoms. The lowest BCUT2D eigenvalue weighted by Gasteiger charge is -2.03. The summed E-state index contributed by atoms with van der Waals surface area (Å²) in [5, 5.41) is 0.0863. The van der Waals surface area contributed by atoms with Gasteiger partial charge in [0.25, 0.3) is 0 Å². The Hall–Kier alpha value is -1.00. The van der Waals surface area contributed by atoms with E-state index < -0.39 is 5.82 Å². The quantitative estimate of drug-likeness (QED) is 0.747. The summed E-state index contributed by atoms with van der Waals surface area (Å²) >= 11 is 8.97. The highest BCUT2D eigenvalue weighted by molar-refractivity contribution is 9.10. The minimum Gasteiger partial charge on any atom is -0.244 e. The van der Waals surface area contributed by atoms with Crippen molar-refractivity contribution >= 4 is 27.5 Å². The number of hydrogen-bond donors (Lipinski definition) is 0. The van der Waals surface area contributed by atoms with Crippen LogP contribution in [-0.4, -0.2) is 9.97 Å². The third kappa shape index (κ3) is 2.16. The van der Waals surface area contributed by atoms with Crippen LogP contribution >= 0.6 is 27.5 Å². The zero-order valence-electron chi connectivity index (χ0n) is 7.42. The summed E-state index contributed by atoms with van der Waals surface area (Å²) in [5.41, 5.74) is 1.55. The Kier molecular flexibility index (Phi) is 2.98. The van der Waals surface area contributed by atoms with Crippen molar-refractivity contribution < 1.29 is 4.39 Å². The Labute approximate surface area is 99.3 Å². The summed E-state index contributed by atoms with van der Waals surface area (Å²) in [5.74, 6) is -0.437. The average Bonchev–Trinajstić information content (AvgIpc) is 2.23. The van der Waals surface area contributed by atoms with E-state index in [-0.39, 0.29) is 5.02 Å². The summed E-state index contributed by atoms with van der Waals surface area (Å²) in [6, 6.07) is 4.49. The van der Waals surface area contributed by atoms with Crippen LogP contribution in [0.1, 0.15) is 0 Å². The number of aromatic nitrogens is 2. The molecule has 76 valence electrons. The van der Waals surface area contributed by atoms with E-state index >= 15 is 0 Å². The van der Waals surface area contributed by atoms with Gasteiger partial charge in [0.05, 0.1) is 5.02 Å². The first-order chi connectivity index (χ1) is 7.18. The van der Waals surface area contributed by atoms with Crippen LogP contribution in [0.25, 0.3) is 11.1 Å². The van der Waals surface area contributed by atoms with E-state index in [1.807, 2.05) is 0 Å². The summed E-state index contributed by atoms with van der Waals surface area (Å²) in [7, 11) is 0. The first-order valence-electron chi connectivity index (χ1n) is 4.09. The number of nitrogens with zero attached hydrogens (tertiary/aromatic N) is 2.